The van der Waals surface area contributed by atoms with Crippen LogP contribution in [0.2, 0.25) is 0 Å². The fourth-order valence-electron chi connectivity index (χ4n) is 2.41. The van der Waals surface area contributed by atoms with Crippen LogP contribution in [0, 0.1) is 6.92 Å². The van der Waals surface area contributed by atoms with Crippen LogP contribution in [0.1, 0.15) is 35.4 Å². The fraction of sp³-hybridized carbons (Fsp3) is 0.462. The Hall–Kier alpha value is -0.631. The Bertz CT molecular complexity index is 498. The second kappa shape index (κ2) is 4.32. The molecule has 2 heterocycles. The van der Waals surface area contributed by atoms with E-state index >= 15 is 0 Å². The third-order valence-corrected chi connectivity index (χ3v) is 5.23. The number of hydrogen-bond acceptors (Lipinski definition) is 2. The van der Waals surface area contributed by atoms with Crippen LogP contribution >= 0.6 is 0 Å². The predicted octanol–water partition coefficient (Wildman–Crippen LogP) is 2.41. The summed E-state index contributed by atoms with van der Waals surface area (Å²) in [7, 11) is 0. The zero-order valence-corrected chi connectivity index (χ0v) is 11.2. The molecule has 1 unspecified atom stereocenters. The van der Waals surface area contributed by atoms with Crippen LogP contribution < -0.4 is 5.32 Å². The van der Waals surface area contributed by atoms with Crippen LogP contribution in [0.5, 0.6) is 0 Å². The molecule has 0 radical (unpaired) electrons. The van der Waals surface area contributed by atoms with Crippen LogP contribution in [-0.2, 0) is 0 Å². The topological polar surface area (TPSA) is 24.9 Å². The minimum absolute atomic E-state index is 0.480. The van der Waals surface area contributed by atoms with Gasteiger partial charge < -0.3 is 0 Å². The second-order valence-electron chi connectivity index (χ2n) is 4.46. The van der Waals surface area contributed by atoms with Gasteiger partial charge in [0.15, 0.2) is 0 Å². The number of nitrogens with one attached hydrogen (secondary N) is 1. The Morgan fingerprint density at radius 3 is 3.12 bits per heavy atom. The van der Waals surface area contributed by atoms with E-state index in [9.17, 15) is 0 Å². The van der Waals surface area contributed by atoms with Crippen molar-refractivity contribution in [2.45, 2.75) is 32.2 Å². The van der Waals surface area contributed by atoms with Crippen molar-refractivity contribution in [1.29, 1.82) is 0 Å². The third kappa shape index (κ3) is 1.95. The van der Waals surface area contributed by atoms with Crippen LogP contribution in [0.3, 0.4) is 0 Å². The van der Waals surface area contributed by atoms with Crippen molar-refractivity contribution in [1.82, 2.24) is 10.3 Å². The summed E-state index contributed by atoms with van der Waals surface area (Å²) >= 11 is 0.480. The van der Waals surface area contributed by atoms with Gasteiger partial charge in [-0.15, -0.1) is 0 Å². The van der Waals surface area contributed by atoms with Gasteiger partial charge in [-0.05, 0) is 0 Å². The van der Waals surface area contributed by atoms with Gasteiger partial charge in [0.1, 0.15) is 0 Å². The van der Waals surface area contributed by atoms with E-state index in [0.717, 1.165) is 6.54 Å². The van der Waals surface area contributed by atoms with E-state index < -0.39 is 0 Å². The molecule has 0 spiro atoms. The van der Waals surface area contributed by atoms with Crippen LogP contribution in [0.25, 0.3) is 9.78 Å². The third-order valence-electron chi connectivity index (χ3n) is 3.23. The van der Waals surface area contributed by atoms with Gasteiger partial charge in [-0.1, -0.05) is 0 Å². The van der Waals surface area contributed by atoms with Crippen molar-refractivity contribution in [3.63, 3.8) is 0 Å². The summed E-state index contributed by atoms with van der Waals surface area (Å²) in [6, 6.07) is 7.41. The number of benzene rings is 1. The summed E-state index contributed by atoms with van der Waals surface area (Å²) in [6.07, 6.45) is 3.94. The van der Waals surface area contributed by atoms with Crippen LogP contribution in [0.4, 0.5) is 0 Å². The van der Waals surface area contributed by atoms with Gasteiger partial charge in [0.25, 0.3) is 0 Å². The average molecular weight is 279 g/mol. The molecule has 0 amide bonds. The van der Waals surface area contributed by atoms with Gasteiger partial charge in [-0.25, -0.2) is 0 Å². The summed E-state index contributed by atoms with van der Waals surface area (Å²) < 4.78 is 2.75. The van der Waals surface area contributed by atoms with Gasteiger partial charge in [0.2, 0.25) is 0 Å². The first-order valence-corrected chi connectivity index (χ1v) is 7.65. The second-order valence-corrected chi connectivity index (χ2v) is 7.05. The minimum atomic E-state index is 0.480. The SMILES string of the molecule is Cc1nc2cc(C3CCCCN3)ccc2[se]1. The van der Waals surface area contributed by atoms with Crippen molar-refractivity contribution in [2.75, 3.05) is 6.54 Å². The molecular weight excluding hydrogens is 263 g/mol. The van der Waals surface area contributed by atoms with Crippen LogP contribution in [0.15, 0.2) is 18.2 Å². The first-order valence-electron chi connectivity index (χ1n) is 5.93. The van der Waals surface area contributed by atoms with Gasteiger partial charge >= 0.3 is 102 Å². The van der Waals surface area contributed by atoms with E-state index in [1.54, 1.807) is 0 Å². The van der Waals surface area contributed by atoms with Crippen molar-refractivity contribution < 1.29 is 0 Å². The zero-order valence-electron chi connectivity index (χ0n) is 9.49. The summed E-state index contributed by atoms with van der Waals surface area (Å²) in [5.41, 5.74) is 2.65. The Balaban J connectivity index is 1.97. The fourth-order valence-corrected chi connectivity index (χ4v) is 4.11. The van der Waals surface area contributed by atoms with Crippen molar-refractivity contribution in [3.8, 4) is 0 Å². The van der Waals surface area contributed by atoms with Crippen molar-refractivity contribution in [3.05, 3.63) is 28.3 Å². The number of fused-ring (bicyclic) bond motifs is 1. The van der Waals surface area contributed by atoms with E-state index in [0.29, 0.717) is 20.5 Å². The molecule has 0 saturated carbocycles. The molecule has 3 heteroatoms. The van der Waals surface area contributed by atoms with E-state index in [1.807, 2.05) is 0 Å². The van der Waals surface area contributed by atoms with E-state index in [-0.39, 0.29) is 0 Å². The van der Waals surface area contributed by atoms with Gasteiger partial charge in [0.05, 0.1) is 0 Å². The first-order chi connectivity index (χ1) is 7.83. The summed E-state index contributed by atoms with van der Waals surface area (Å²) in [5, 5.41) is 3.59. The number of aromatic nitrogens is 1. The predicted molar refractivity (Wildman–Crippen MR) is 68.0 cm³/mol. The standard InChI is InChI=1S/C13H16N2Se/c1-9-15-12-8-10(5-6-13(12)16-9)11-4-2-3-7-14-11/h5-6,8,11,14H,2-4,7H2,1H3. The number of rotatable bonds is 1. The number of hydrogen-bond donors (Lipinski definition) is 1. The molecule has 1 aliphatic rings. The maximum atomic E-state index is 4.62. The molecule has 3 rings (SSSR count). The first kappa shape index (κ1) is 10.5. The maximum absolute atomic E-state index is 4.62. The molecule has 1 N–H and O–H groups in total. The Morgan fingerprint density at radius 2 is 2.31 bits per heavy atom. The monoisotopic (exact) mass is 280 g/mol. The quantitative estimate of drug-likeness (QED) is 0.811. The molecule has 1 aromatic carbocycles. The molecule has 1 fully saturated rings. The van der Waals surface area contributed by atoms with Gasteiger partial charge in [-0.2, -0.15) is 0 Å². The Labute approximate surface area is 102 Å². The molecule has 16 heavy (non-hydrogen) atoms. The molecule has 1 saturated heterocycles. The molecule has 0 bridgehead atoms. The van der Waals surface area contributed by atoms with E-state index in [1.165, 1.54) is 39.2 Å². The summed E-state index contributed by atoms with van der Waals surface area (Å²) in [4.78, 5) is 4.62. The number of nitrogens with zero attached hydrogens (tertiary/aromatic N) is 1. The molecule has 2 aromatic rings. The molecular formula is C13H16N2Se. The molecule has 2 nitrogen and oxygen atoms in total. The zero-order chi connectivity index (χ0) is 11.0. The van der Waals surface area contributed by atoms with E-state index in [2.05, 4.69) is 35.4 Å². The molecule has 1 atom stereocenters. The van der Waals surface area contributed by atoms with Gasteiger partial charge in [0, 0.05) is 0 Å². The Kier molecular flexibility index (Phi) is 2.84. The Morgan fingerprint density at radius 1 is 1.38 bits per heavy atom. The molecule has 84 valence electrons. The normalized spacial score (nSPS) is 21.4. The summed E-state index contributed by atoms with van der Waals surface area (Å²) in [6.45, 7) is 3.30. The van der Waals surface area contributed by atoms with Gasteiger partial charge in [-0.3, -0.25) is 0 Å². The molecule has 1 aliphatic heterocycles. The summed E-state index contributed by atoms with van der Waals surface area (Å²) in [5.74, 6) is 0. The molecule has 1 aromatic heterocycles. The molecule has 0 aliphatic carbocycles. The number of aryl methyl sites for hydroxylation is 1. The van der Waals surface area contributed by atoms with Crippen LogP contribution in [-0.4, -0.2) is 26.0 Å². The van der Waals surface area contributed by atoms with Crippen molar-refractivity contribution in [2.24, 2.45) is 0 Å². The van der Waals surface area contributed by atoms with Crippen molar-refractivity contribution >= 4 is 24.3 Å². The average Bonchev–Trinajstić information content (AvgIpc) is 2.69. The van der Waals surface area contributed by atoms with E-state index in [4.69, 9.17) is 0 Å². The number of piperidine rings is 1.